The Balaban J connectivity index is 2.50. The summed E-state index contributed by atoms with van der Waals surface area (Å²) >= 11 is 0. The van der Waals surface area contributed by atoms with E-state index in [9.17, 15) is 4.79 Å². The topological polar surface area (TPSA) is 46.3 Å². The molecule has 0 fully saturated rings. The van der Waals surface area contributed by atoms with Crippen LogP contribution < -0.4 is 5.73 Å². The average molecular weight is 196 g/mol. The lowest BCUT2D eigenvalue weighted by molar-refractivity contribution is -0.132. The molecule has 0 unspecified atom stereocenters. The molecule has 0 saturated heterocycles. The second-order valence-corrected chi connectivity index (χ2v) is 4.82. The van der Waals surface area contributed by atoms with Gasteiger partial charge in [-0.05, 0) is 27.2 Å². The van der Waals surface area contributed by atoms with Gasteiger partial charge in [0.15, 0.2) is 0 Å². The summed E-state index contributed by atoms with van der Waals surface area (Å²) in [7, 11) is 0. The zero-order valence-electron chi connectivity index (χ0n) is 9.34. The molecule has 1 amide bonds. The Labute approximate surface area is 86.0 Å². The molecule has 0 atom stereocenters. The van der Waals surface area contributed by atoms with Gasteiger partial charge >= 0.3 is 0 Å². The van der Waals surface area contributed by atoms with E-state index in [1.165, 1.54) is 5.57 Å². The summed E-state index contributed by atoms with van der Waals surface area (Å²) in [6.45, 7) is 7.45. The predicted molar refractivity (Wildman–Crippen MR) is 57.8 cm³/mol. The zero-order valence-corrected chi connectivity index (χ0v) is 9.34. The number of carbonyl (C=O) groups is 1. The standard InChI is InChI=1S/C11H20N2O/c1-9-5-4-6-13(8-9)10(14)7-11(2,3)12/h5H,4,6-8,12H2,1-3H3. The second-order valence-electron chi connectivity index (χ2n) is 4.82. The lowest BCUT2D eigenvalue weighted by atomic mass is 10.0. The van der Waals surface area contributed by atoms with Gasteiger partial charge in [-0.3, -0.25) is 4.79 Å². The van der Waals surface area contributed by atoms with Crippen LogP contribution in [0.15, 0.2) is 11.6 Å². The van der Waals surface area contributed by atoms with Gasteiger partial charge in [0.25, 0.3) is 0 Å². The zero-order chi connectivity index (χ0) is 10.8. The van der Waals surface area contributed by atoms with E-state index in [-0.39, 0.29) is 5.91 Å². The third kappa shape index (κ3) is 3.50. The quantitative estimate of drug-likeness (QED) is 0.676. The van der Waals surface area contributed by atoms with E-state index < -0.39 is 5.54 Å². The van der Waals surface area contributed by atoms with Crippen molar-refractivity contribution in [2.75, 3.05) is 13.1 Å². The molecule has 0 spiro atoms. The fourth-order valence-corrected chi connectivity index (χ4v) is 1.63. The maximum Gasteiger partial charge on any atom is 0.224 e. The summed E-state index contributed by atoms with van der Waals surface area (Å²) in [5, 5.41) is 0. The van der Waals surface area contributed by atoms with Gasteiger partial charge < -0.3 is 10.6 Å². The Kier molecular flexibility index (Phi) is 3.32. The highest BCUT2D eigenvalue weighted by atomic mass is 16.2. The van der Waals surface area contributed by atoms with Crippen molar-refractivity contribution >= 4 is 5.91 Å². The first-order valence-corrected chi connectivity index (χ1v) is 5.11. The maximum atomic E-state index is 11.8. The first-order valence-electron chi connectivity index (χ1n) is 5.11. The number of hydrogen-bond acceptors (Lipinski definition) is 2. The second kappa shape index (κ2) is 4.13. The highest BCUT2D eigenvalue weighted by molar-refractivity contribution is 5.77. The molecule has 14 heavy (non-hydrogen) atoms. The lowest BCUT2D eigenvalue weighted by Gasteiger charge is -2.29. The van der Waals surface area contributed by atoms with Crippen LogP contribution in [0.5, 0.6) is 0 Å². The van der Waals surface area contributed by atoms with Crippen LogP contribution in [0.4, 0.5) is 0 Å². The van der Waals surface area contributed by atoms with Crippen molar-refractivity contribution in [3.05, 3.63) is 11.6 Å². The highest BCUT2D eigenvalue weighted by Crippen LogP contribution is 2.13. The minimum Gasteiger partial charge on any atom is -0.338 e. The van der Waals surface area contributed by atoms with Gasteiger partial charge in [0.2, 0.25) is 5.91 Å². The number of rotatable bonds is 2. The molecule has 3 heteroatoms. The van der Waals surface area contributed by atoms with Crippen molar-refractivity contribution in [2.45, 2.75) is 39.2 Å². The molecule has 0 radical (unpaired) electrons. The molecular weight excluding hydrogens is 176 g/mol. The van der Waals surface area contributed by atoms with Crippen LogP contribution in [-0.4, -0.2) is 29.4 Å². The fraction of sp³-hybridized carbons (Fsp3) is 0.727. The number of hydrogen-bond donors (Lipinski definition) is 1. The van der Waals surface area contributed by atoms with Gasteiger partial charge in [-0.15, -0.1) is 0 Å². The van der Waals surface area contributed by atoms with E-state index in [2.05, 4.69) is 13.0 Å². The summed E-state index contributed by atoms with van der Waals surface area (Å²) in [5.74, 6) is 0.171. The Bertz CT molecular complexity index is 251. The Morgan fingerprint density at radius 2 is 2.29 bits per heavy atom. The highest BCUT2D eigenvalue weighted by Gasteiger charge is 2.22. The number of nitrogens with zero attached hydrogens (tertiary/aromatic N) is 1. The first-order chi connectivity index (χ1) is 6.38. The monoisotopic (exact) mass is 196 g/mol. The molecule has 80 valence electrons. The van der Waals surface area contributed by atoms with E-state index in [1.54, 1.807) is 0 Å². The smallest absolute Gasteiger partial charge is 0.224 e. The van der Waals surface area contributed by atoms with Crippen molar-refractivity contribution in [3.8, 4) is 0 Å². The summed E-state index contributed by atoms with van der Waals surface area (Å²) in [6.07, 6.45) is 3.60. The van der Waals surface area contributed by atoms with Crippen molar-refractivity contribution in [2.24, 2.45) is 5.73 Å². The molecule has 1 heterocycles. The molecule has 1 aliphatic rings. The Morgan fingerprint density at radius 1 is 1.64 bits per heavy atom. The molecule has 1 rings (SSSR count). The normalized spacial score (nSPS) is 18.0. The first kappa shape index (κ1) is 11.2. The molecule has 0 saturated carbocycles. The molecule has 0 aromatic heterocycles. The van der Waals surface area contributed by atoms with Crippen LogP contribution in [-0.2, 0) is 4.79 Å². The summed E-state index contributed by atoms with van der Waals surface area (Å²) < 4.78 is 0. The maximum absolute atomic E-state index is 11.8. The summed E-state index contributed by atoms with van der Waals surface area (Å²) in [6, 6.07) is 0. The van der Waals surface area contributed by atoms with Crippen LogP contribution in [0.25, 0.3) is 0 Å². The minimum absolute atomic E-state index is 0.171. The summed E-state index contributed by atoms with van der Waals surface area (Å²) in [4.78, 5) is 13.7. The van der Waals surface area contributed by atoms with Gasteiger partial charge in [-0.2, -0.15) is 0 Å². The molecule has 0 aromatic carbocycles. The van der Waals surface area contributed by atoms with Crippen LogP contribution in [0, 0.1) is 0 Å². The minimum atomic E-state index is -0.397. The molecule has 2 N–H and O–H groups in total. The van der Waals surface area contributed by atoms with E-state index in [0.29, 0.717) is 6.42 Å². The number of amides is 1. The number of carbonyl (C=O) groups excluding carboxylic acids is 1. The average Bonchev–Trinajstić information content (AvgIpc) is 2.01. The van der Waals surface area contributed by atoms with Gasteiger partial charge in [0.1, 0.15) is 0 Å². The van der Waals surface area contributed by atoms with Crippen LogP contribution >= 0.6 is 0 Å². The van der Waals surface area contributed by atoms with Gasteiger partial charge in [0.05, 0.1) is 0 Å². The van der Waals surface area contributed by atoms with E-state index in [0.717, 1.165) is 19.5 Å². The third-order valence-electron chi connectivity index (χ3n) is 2.29. The van der Waals surface area contributed by atoms with E-state index in [4.69, 9.17) is 5.73 Å². The van der Waals surface area contributed by atoms with E-state index in [1.807, 2.05) is 18.7 Å². The van der Waals surface area contributed by atoms with Crippen molar-refractivity contribution in [3.63, 3.8) is 0 Å². The summed E-state index contributed by atoms with van der Waals surface area (Å²) in [5.41, 5.74) is 6.70. The SMILES string of the molecule is CC1=CCCN(C(=O)CC(C)(C)N)C1. The van der Waals surface area contributed by atoms with E-state index >= 15 is 0 Å². The van der Waals surface area contributed by atoms with Crippen molar-refractivity contribution in [1.82, 2.24) is 4.90 Å². The van der Waals surface area contributed by atoms with Crippen LogP contribution in [0.3, 0.4) is 0 Å². The van der Waals surface area contributed by atoms with Crippen molar-refractivity contribution in [1.29, 1.82) is 0 Å². The van der Waals surface area contributed by atoms with Gasteiger partial charge in [-0.1, -0.05) is 11.6 Å². The molecular formula is C11H20N2O. The molecule has 3 nitrogen and oxygen atoms in total. The van der Waals surface area contributed by atoms with Crippen LogP contribution in [0.2, 0.25) is 0 Å². The molecule has 0 aliphatic carbocycles. The largest absolute Gasteiger partial charge is 0.338 e. The third-order valence-corrected chi connectivity index (χ3v) is 2.29. The Morgan fingerprint density at radius 3 is 2.79 bits per heavy atom. The number of nitrogens with two attached hydrogens (primary N) is 1. The fourth-order valence-electron chi connectivity index (χ4n) is 1.63. The van der Waals surface area contributed by atoms with Gasteiger partial charge in [-0.25, -0.2) is 0 Å². The molecule has 0 bridgehead atoms. The van der Waals surface area contributed by atoms with Crippen molar-refractivity contribution < 1.29 is 4.79 Å². The Hall–Kier alpha value is -0.830. The molecule has 1 aliphatic heterocycles. The van der Waals surface area contributed by atoms with Gasteiger partial charge in [0, 0.05) is 25.0 Å². The van der Waals surface area contributed by atoms with Crippen LogP contribution in [0.1, 0.15) is 33.6 Å². The molecule has 0 aromatic rings. The predicted octanol–water partition coefficient (Wildman–Crippen LogP) is 1.29. The lowest BCUT2D eigenvalue weighted by Crippen LogP contribution is -2.42.